The zero-order valence-electron chi connectivity index (χ0n) is 22.6. The van der Waals surface area contributed by atoms with Crippen molar-refractivity contribution in [2.75, 3.05) is 0 Å². The van der Waals surface area contributed by atoms with Gasteiger partial charge in [-0.25, -0.2) is 0 Å². The van der Waals surface area contributed by atoms with Crippen LogP contribution in [0.3, 0.4) is 0 Å². The lowest BCUT2D eigenvalue weighted by molar-refractivity contribution is -0.112. The molecule has 0 heterocycles. The van der Waals surface area contributed by atoms with E-state index in [2.05, 4.69) is 102 Å². The van der Waals surface area contributed by atoms with Gasteiger partial charge in [-0.3, -0.25) is 4.79 Å². The molecule has 0 saturated heterocycles. The summed E-state index contributed by atoms with van der Waals surface area (Å²) in [7, 11) is 0. The molecule has 0 aromatic rings. The van der Waals surface area contributed by atoms with Crippen LogP contribution < -0.4 is 0 Å². The molecule has 0 aromatic carbocycles. The molecule has 0 fully saturated rings. The molecule has 0 unspecified atom stereocenters. The monoisotopic (exact) mass is 456 g/mol. The Morgan fingerprint density at radius 2 is 1.15 bits per heavy atom. The molecule has 0 N–H and O–H groups in total. The first-order chi connectivity index (χ1) is 16.0. The van der Waals surface area contributed by atoms with Crippen molar-refractivity contribution in [3.63, 3.8) is 0 Å². The predicted molar refractivity (Wildman–Crippen MR) is 152 cm³/mol. The van der Waals surface area contributed by atoms with Gasteiger partial charge in [0.15, 0.2) is 5.78 Å². The number of allylic oxidation sites excluding steroid dienone is 20. The molecule has 0 radical (unpaired) electrons. The summed E-state index contributed by atoms with van der Waals surface area (Å²) in [6, 6.07) is 0. The molecule has 1 aliphatic rings. The maximum atomic E-state index is 11.0. The van der Waals surface area contributed by atoms with E-state index in [1.54, 1.807) is 13.0 Å². The highest BCUT2D eigenvalue weighted by molar-refractivity contribution is 5.87. The molecule has 0 aliphatic heterocycles. The molecule has 182 valence electrons. The normalized spacial score (nSPS) is 19.2. The Morgan fingerprint density at radius 3 is 1.65 bits per heavy atom. The fraction of sp³-hybridized carbons (Fsp3) is 0.364. The smallest absolute Gasteiger partial charge is 0.152 e. The van der Waals surface area contributed by atoms with Crippen LogP contribution in [0, 0.1) is 5.41 Å². The minimum absolute atomic E-state index is 0.0610. The molecule has 1 aliphatic carbocycles. The number of hydrogen-bond donors (Lipinski definition) is 0. The quantitative estimate of drug-likeness (QED) is 0.236. The number of hydrogen-bond acceptors (Lipinski definition) is 1. The first kappa shape index (κ1) is 29.1. The molecule has 0 amide bonds. The predicted octanol–water partition coefficient (Wildman–Crippen LogP) is 9.67. The average molecular weight is 457 g/mol. The maximum absolute atomic E-state index is 11.0. The van der Waals surface area contributed by atoms with E-state index in [9.17, 15) is 4.79 Å². The van der Waals surface area contributed by atoms with Crippen LogP contribution in [0.1, 0.15) is 74.7 Å². The second-order valence-electron chi connectivity index (χ2n) is 9.95. The minimum Gasteiger partial charge on any atom is -0.295 e. The molecular weight excluding hydrogens is 412 g/mol. The van der Waals surface area contributed by atoms with Gasteiger partial charge in [0.25, 0.3) is 0 Å². The zero-order valence-corrected chi connectivity index (χ0v) is 22.6. The Morgan fingerprint density at radius 1 is 0.676 bits per heavy atom. The summed E-state index contributed by atoms with van der Waals surface area (Å²) in [5.74, 6) is 0.0610. The Labute approximate surface area is 209 Å². The van der Waals surface area contributed by atoms with E-state index < -0.39 is 0 Å². The fourth-order valence-corrected chi connectivity index (χ4v) is 3.81. The first-order valence-corrected chi connectivity index (χ1v) is 12.3. The van der Waals surface area contributed by atoms with Gasteiger partial charge in [0.05, 0.1) is 0 Å². The van der Waals surface area contributed by atoms with Crippen LogP contribution in [0.25, 0.3) is 0 Å². The highest BCUT2D eigenvalue weighted by Crippen LogP contribution is 2.40. The molecule has 0 aromatic heterocycles. The van der Waals surface area contributed by atoms with Crippen molar-refractivity contribution in [2.24, 2.45) is 5.41 Å². The highest BCUT2D eigenvalue weighted by atomic mass is 16.1. The summed E-state index contributed by atoms with van der Waals surface area (Å²) in [5, 5.41) is 0. The molecule has 1 nitrogen and oxygen atoms in total. The summed E-state index contributed by atoms with van der Waals surface area (Å²) in [6.07, 6.45) is 32.5. The standard InChI is InChI=1S/C33H44O/c1-26(16-11-18-28(3)21-23-31(6)34)14-9-10-15-27(2)17-12-19-29(4)22-24-32-30(5)20-13-25-33(32,7)8/h9-12,14-19,21-24H,13,20,25H2,1-8H3/b10-9+,16-11+,17-12+,23-21+,24-22+,26-14+,27-15+,28-18+,29-19-. The van der Waals surface area contributed by atoms with Crippen LogP contribution >= 0.6 is 0 Å². The van der Waals surface area contributed by atoms with Crippen molar-refractivity contribution < 1.29 is 4.79 Å². The lowest BCUT2D eigenvalue weighted by Gasteiger charge is -2.32. The summed E-state index contributed by atoms with van der Waals surface area (Å²) in [6.45, 7) is 16.9. The number of carbonyl (C=O) groups excluding carboxylic acids is 1. The third kappa shape index (κ3) is 12.3. The van der Waals surface area contributed by atoms with E-state index in [1.165, 1.54) is 41.6 Å². The van der Waals surface area contributed by atoms with E-state index >= 15 is 0 Å². The second kappa shape index (κ2) is 15.1. The second-order valence-corrected chi connectivity index (χ2v) is 9.95. The summed E-state index contributed by atoms with van der Waals surface area (Å²) in [5.41, 5.74) is 7.99. The van der Waals surface area contributed by atoms with Crippen molar-refractivity contribution in [1.29, 1.82) is 0 Å². The van der Waals surface area contributed by atoms with Gasteiger partial charge in [-0.1, -0.05) is 121 Å². The molecule has 34 heavy (non-hydrogen) atoms. The molecular formula is C33H44O. The minimum atomic E-state index is 0.0610. The molecule has 1 rings (SSSR count). The van der Waals surface area contributed by atoms with Crippen molar-refractivity contribution in [2.45, 2.75) is 74.7 Å². The van der Waals surface area contributed by atoms with Crippen LogP contribution in [-0.2, 0) is 4.79 Å². The van der Waals surface area contributed by atoms with E-state index in [0.717, 1.165) is 11.1 Å². The lowest BCUT2D eigenvalue weighted by Crippen LogP contribution is -2.19. The number of rotatable bonds is 10. The summed E-state index contributed by atoms with van der Waals surface area (Å²) >= 11 is 0. The zero-order chi connectivity index (χ0) is 25.6. The summed E-state index contributed by atoms with van der Waals surface area (Å²) in [4.78, 5) is 11.0. The van der Waals surface area contributed by atoms with Crippen molar-refractivity contribution in [1.82, 2.24) is 0 Å². The van der Waals surface area contributed by atoms with Crippen LogP contribution in [0.15, 0.2) is 119 Å². The third-order valence-corrected chi connectivity index (χ3v) is 5.90. The van der Waals surface area contributed by atoms with Gasteiger partial charge >= 0.3 is 0 Å². The first-order valence-electron chi connectivity index (χ1n) is 12.3. The van der Waals surface area contributed by atoms with Crippen LogP contribution in [-0.4, -0.2) is 5.78 Å². The number of ketones is 1. The van der Waals surface area contributed by atoms with Crippen LogP contribution in [0.2, 0.25) is 0 Å². The Balaban J connectivity index is 2.63. The Kier molecular flexibility index (Phi) is 12.9. The third-order valence-electron chi connectivity index (χ3n) is 5.90. The van der Waals surface area contributed by atoms with Crippen molar-refractivity contribution in [3.8, 4) is 0 Å². The lowest BCUT2D eigenvalue weighted by atomic mass is 9.72. The van der Waals surface area contributed by atoms with Gasteiger partial charge in [0.1, 0.15) is 0 Å². The van der Waals surface area contributed by atoms with Crippen molar-refractivity contribution >= 4 is 5.78 Å². The molecule has 0 atom stereocenters. The van der Waals surface area contributed by atoms with Gasteiger partial charge in [-0.2, -0.15) is 0 Å². The van der Waals surface area contributed by atoms with E-state index in [0.29, 0.717) is 0 Å². The van der Waals surface area contributed by atoms with Crippen LogP contribution in [0.4, 0.5) is 0 Å². The van der Waals surface area contributed by atoms with Gasteiger partial charge in [-0.15, -0.1) is 0 Å². The Bertz CT molecular complexity index is 1000. The summed E-state index contributed by atoms with van der Waals surface area (Å²) < 4.78 is 0. The van der Waals surface area contributed by atoms with Crippen LogP contribution in [0.5, 0.6) is 0 Å². The topological polar surface area (TPSA) is 17.1 Å². The Hall–Kier alpha value is -2.93. The van der Waals surface area contributed by atoms with E-state index in [1.807, 2.05) is 25.2 Å². The fourth-order valence-electron chi connectivity index (χ4n) is 3.81. The van der Waals surface area contributed by atoms with Gasteiger partial charge < -0.3 is 0 Å². The SMILES string of the molecule is CC(=O)/C=C/C(C)=C/C=C/C(C)=C/C=C/C=C(C)/C=C/C=C(C)\C=C\C1=C(C)CCCC1(C)C. The van der Waals surface area contributed by atoms with Gasteiger partial charge in [-0.05, 0) is 77.9 Å². The largest absolute Gasteiger partial charge is 0.295 e. The van der Waals surface area contributed by atoms with E-state index in [4.69, 9.17) is 0 Å². The molecule has 0 saturated carbocycles. The maximum Gasteiger partial charge on any atom is 0.152 e. The van der Waals surface area contributed by atoms with E-state index in [-0.39, 0.29) is 11.2 Å². The highest BCUT2D eigenvalue weighted by Gasteiger charge is 2.26. The molecule has 1 heteroatoms. The van der Waals surface area contributed by atoms with Gasteiger partial charge in [0, 0.05) is 0 Å². The molecule has 0 spiro atoms. The van der Waals surface area contributed by atoms with Gasteiger partial charge in [0.2, 0.25) is 0 Å². The van der Waals surface area contributed by atoms with Crippen molar-refractivity contribution in [3.05, 3.63) is 119 Å². The number of carbonyl (C=O) groups is 1. The average Bonchev–Trinajstić information content (AvgIpc) is 2.74. The molecule has 0 bridgehead atoms.